The molecule has 1 N–H and O–H groups in total. The van der Waals surface area contributed by atoms with Crippen LogP contribution in [-0.2, 0) is 6.42 Å². The van der Waals surface area contributed by atoms with E-state index in [4.69, 9.17) is 4.98 Å². The summed E-state index contributed by atoms with van der Waals surface area (Å²) in [4.78, 5) is 24.9. The summed E-state index contributed by atoms with van der Waals surface area (Å²) in [6, 6.07) is 12.2. The van der Waals surface area contributed by atoms with Gasteiger partial charge in [-0.1, -0.05) is 30.3 Å². The van der Waals surface area contributed by atoms with E-state index in [9.17, 15) is 9.18 Å². The summed E-state index contributed by atoms with van der Waals surface area (Å²) >= 11 is 0. The van der Waals surface area contributed by atoms with Crippen LogP contribution in [0.1, 0.15) is 55.7 Å². The molecular weight excluding hydrogens is 405 g/mol. The van der Waals surface area contributed by atoms with E-state index < -0.39 is 5.67 Å². The molecule has 0 saturated heterocycles. The van der Waals surface area contributed by atoms with Crippen molar-refractivity contribution in [1.82, 2.24) is 24.7 Å². The Balaban J connectivity index is 1.50. The van der Waals surface area contributed by atoms with Gasteiger partial charge >= 0.3 is 0 Å². The Bertz CT molecular complexity index is 1310. The molecule has 1 aliphatic rings. The quantitative estimate of drug-likeness (QED) is 0.497. The third kappa shape index (κ3) is 3.95. The number of pyridine rings is 1. The first-order valence-corrected chi connectivity index (χ1v) is 11.1. The highest BCUT2D eigenvalue weighted by molar-refractivity contribution is 5.73. The molecule has 1 aromatic carbocycles. The van der Waals surface area contributed by atoms with Crippen LogP contribution in [0, 0.1) is 6.92 Å². The van der Waals surface area contributed by atoms with Crippen LogP contribution in [0.15, 0.2) is 53.6 Å². The third-order valence-corrected chi connectivity index (χ3v) is 6.45. The van der Waals surface area contributed by atoms with Gasteiger partial charge in [0.25, 0.3) is 5.56 Å². The number of fused-ring (bicyclic) bond motifs is 1. The zero-order valence-electron chi connectivity index (χ0n) is 18.3. The van der Waals surface area contributed by atoms with Crippen molar-refractivity contribution in [2.75, 3.05) is 0 Å². The van der Waals surface area contributed by atoms with Crippen LogP contribution < -0.4 is 5.56 Å². The van der Waals surface area contributed by atoms with Gasteiger partial charge in [0.15, 0.2) is 5.65 Å². The van der Waals surface area contributed by atoms with Crippen molar-refractivity contribution in [2.24, 2.45) is 0 Å². The number of aromatic nitrogens is 5. The molecule has 3 aromatic heterocycles. The van der Waals surface area contributed by atoms with Gasteiger partial charge in [0.2, 0.25) is 0 Å². The Kier molecular flexibility index (Phi) is 5.12. The number of hydrogen-bond donors (Lipinski definition) is 1. The summed E-state index contributed by atoms with van der Waals surface area (Å²) in [7, 11) is 0. The topological polar surface area (TPSA) is 76.5 Å². The van der Waals surface area contributed by atoms with Crippen molar-refractivity contribution in [3.63, 3.8) is 0 Å². The first-order valence-electron chi connectivity index (χ1n) is 11.1. The molecule has 4 aromatic rings. The summed E-state index contributed by atoms with van der Waals surface area (Å²) in [5.74, 6) is 0.586. The highest BCUT2D eigenvalue weighted by atomic mass is 19.1. The van der Waals surface area contributed by atoms with E-state index in [1.165, 1.54) is 0 Å². The minimum atomic E-state index is -1.12. The fourth-order valence-electron chi connectivity index (χ4n) is 4.55. The molecule has 0 atom stereocenters. The maximum atomic E-state index is 14.3. The Morgan fingerprint density at radius 3 is 2.69 bits per heavy atom. The molecule has 0 radical (unpaired) electrons. The Morgan fingerprint density at radius 1 is 1.16 bits per heavy atom. The molecule has 3 heterocycles. The second-order valence-corrected chi connectivity index (χ2v) is 9.01. The van der Waals surface area contributed by atoms with Gasteiger partial charge in [0.1, 0.15) is 16.9 Å². The predicted octanol–water partition coefficient (Wildman–Crippen LogP) is 4.92. The van der Waals surface area contributed by atoms with Crippen molar-refractivity contribution in [3.05, 3.63) is 76.2 Å². The van der Waals surface area contributed by atoms with E-state index in [0.717, 1.165) is 22.4 Å². The largest absolute Gasteiger partial charge is 0.310 e. The van der Waals surface area contributed by atoms with Gasteiger partial charge in [-0.15, -0.1) is 0 Å². The number of halogens is 1. The predicted molar refractivity (Wildman–Crippen MR) is 122 cm³/mol. The molecule has 0 aliphatic heterocycles. The molecule has 5 rings (SSSR count). The number of rotatable bonds is 4. The molecule has 1 fully saturated rings. The number of aryl methyl sites for hydroxylation is 1. The van der Waals surface area contributed by atoms with Gasteiger partial charge < -0.3 is 4.98 Å². The number of benzene rings is 1. The lowest BCUT2D eigenvalue weighted by atomic mass is 9.85. The molecule has 0 bridgehead atoms. The van der Waals surface area contributed by atoms with E-state index >= 15 is 0 Å². The fraction of sp³-hybridized carbons (Fsp3) is 0.360. The summed E-state index contributed by atoms with van der Waals surface area (Å²) in [6.45, 7) is 3.62. The number of aromatic amines is 1. The molecule has 0 amide bonds. The van der Waals surface area contributed by atoms with Crippen molar-refractivity contribution in [2.45, 2.75) is 57.7 Å². The SMILES string of the molecule is Cc1ccc(-c2ccccc2Cc2nc3c(cnn3C3CCC(C)(F)CC3)c(=O)[nH]2)cn1. The molecule has 0 unspecified atom stereocenters. The lowest BCUT2D eigenvalue weighted by molar-refractivity contribution is 0.103. The maximum absolute atomic E-state index is 14.3. The van der Waals surface area contributed by atoms with Crippen LogP contribution in [0.2, 0.25) is 0 Å². The summed E-state index contributed by atoms with van der Waals surface area (Å²) < 4.78 is 16.1. The highest BCUT2D eigenvalue weighted by Gasteiger charge is 2.32. The fourth-order valence-corrected chi connectivity index (χ4v) is 4.55. The Hall–Kier alpha value is -3.35. The van der Waals surface area contributed by atoms with E-state index in [1.807, 2.05) is 42.1 Å². The minimum absolute atomic E-state index is 0.0596. The van der Waals surface area contributed by atoms with Crippen LogP contribution >= 0.6 is 0 Å². The average Bonchev–Trinajstić information content (AvgIpc) is 3.19. The lowest BCUT2D eigenvalue weighted by Crippen LogP contribution is -2.28. The molecular formula is C25H26FN5O. The van der Waals surface area contributed by atoms with Crippen molar-refractivity contribution in [3.8, 4) is 11.1 Å². The van der Waals surface area contributed by atoms with Gasteiger partial charge in [-0.25, -0.2) is 14.1 Å². The summed E-state index contributed by atoms with van der Waals surface area (Å²) in [5.41, 5.74) is 3.36. The number of H-pyrrole nitrogens is 1. The zero-order chi connectivity index (χ0) is 22.3. The average molecular weight is 432 g/mol. The summed E-state index contributed by atoms with van der Waals surface area (Å²) in [6.07, 6.45) is 6.28. The van der Waals surface area contributed by atoms with Crippen molar-refractivity contribution < 1.29 is 4.39 Å². The first kappa shape index (κ1) is 20.5. The molecule has 1 aliphatic carbocycles. The maximum Gasteiger partial charge on any atom is 0.262 e. The Labute approximate surface area is 185 Å². The second-order valence-electron chi connectivity index (χ2n) is 9.01. The van der Waals surface area contributed by atoms with Crippen molar-refractivity contribution >= 4 is 11.0 Å². The molecule has 164 valence electrons. The smallest absolute Gasteiger partial charge is 0.262 e. The van der Waals surface area contributed by atoms with Crippen LogP contribution in [0.3, 0.4) is 0 Å². The minimum Gasteiger partial charge on any atom is -0.310 e. The molecule has 6 nitrogen and oxygen atoms in total. The van der Waals surface area contributed by atoms with Crippen LogP contribution in [-0.4, -0.2) is 30.4 Å². The van der Waals surface area contributed by atoms with Crippen LogP contribution in [0.4, 0.5) is 4.39 Å². The van der Waals surface area contributed by atoms with Crippen LogP contribution in [0.25, 0.3) is 22.2 Å². The van der Waals surface area contributed by atoms with Gasteiger partial charge in [-0.2, -0.15) is 5.10 Å². The summed E-state index contributed by atoms with van der Waals surface area (Å²) in [5, 5.41) is 4.92. The second kappa shape index (κ2) is 7.97. The number of hydrogen-bond acceptors (Lipinski definition) is 4. The van der Waals surface area contributed by atoms with Crippen LogP contribution in [0.5, 0.6) is 0 Å². The zero-order valence-corrected chi connectivity index (χ0v) is 18.3. The normalized spacial score (nSPS) is 21.2. The van der Waals surface area contributed by atoms with Crippen molar-refractivity contribution in [1.29, 1.82) is 0 Å². The van der Waals surface area contributed by atoms with E-state index in [2.05, 4.69) is 27.2 Å². The van der Waals surface area contributed by atoms with E-state index in [0.29, 0.717) is 49.0 Å². The highest BCUT2D eigenvalue weighted by Crippen LogP contribution is 2.37. The number of nitrogens with one attached hydrogen (secondary N) is 1. The molecule has 1 saturated carbocycles. The Morgan fingerprint density at radius 2 is 1.94 bits per heavy atom. The molecule has 7 heteroatoms. The standard InChI is InChI=1S/C25H26FN5O/c1-16-7-8-18(14-27-16)20-6-4-3-5-17(20)13-22-29-23-21(24(32)30-22)15-28-31(23)19-9-11-25(2,26)12-10-19/h3-8,14-15,19H,9-13H2,1-2H3,(H,29,30,32). The monoisotopic (exact) mass is 431 g/mol. The van der Waals surface area contributed by atoms with E-state index in [1.54, 1.807) is 13.1 Å². The third-order valence-electron chi connectivity index (χ3n) is 6.45. The lowest BCUT2D eigenvalue weighted by Gasteiger charge is -2.31. The van der Waals surface area contributed by atoms with E-state index in [-0.39, 0.29) is 11.6 Å². The van der Waals surface area contributed by atoms with Gasteiger partial charge in [-0.05, 0) is 56.7 Å². The van der Waals surface area contributed by atoms with Gasteiger partial charge in [0, 0.05) is 23.9 Å². The first-order chi connectivity index (χ1) is 15.4. The molecule has 0 spiro atoms. The van der Waals surface area contributed by atoms with Gasteiger partial charge in [0.05, 0.1) is 12.2 Å². The number of alkyl halides is 1. The van der Waals surface area contributed by atoms with Gasteiger partial charge in [-0.3, -0.25) is 9.78 Å². The molecule has 32 heavy (non-hydrogen) atoms. The number of nitrogens with zero attached hydrogens (tertiary/aromatic N) is 4.